The lowest BCUT2D eigenvalue weighted by atomic mass is 9.75. The number of rotatable bonds is 4. The third kappa shape index (κ3) is 3.19. The average Bonchev–Trinajstić information content (AvgIpc) is 2.81. The second-order valence-corrected chi connectivity index (χ2v) is 7.83. The van der Waals surface area contributed by atoms with E-state index in [0.29, 0.717) is 12.8 Å². The first-order valence-electron chi connectivity index (χ1n) is 10.2. The van der Waals surface area contributed by atoms with Gasteiger partial charge in [0, 0.05) is 42.4 Å². The molecule has 148 valence electrons. The van der Waals surface area contributed by atoms with Crippen LogP contribution in [0.1, 0.15) is 27.9 Å². The van der Waals surface area contributed by atoms with Gasteiger partial charge >= 0.3 is 0 Å². The van der Waals surface area contributed by atoms with Crippen LogP contribution >= 0.6 is 0 Å². The van der Waals surface area contributed by atoms with Crippen molar-refractivity contribution in [2.24, 2.45) is 0 Å². The number of Topliss-reactive ketones (excluding diaryl/α,β-unsaturated/α-hetero) is 1. The van der Waals surface area contributed by atoms with Crippen molar-refractivity contribution in [2.75, 3.05) is 7.11 Å². The number of para-hydroxylation sites is 1. The monoisotopic (exact) mass is 394 g/mol. The third-order valence-electron chi connectivity index (χ3n) is 6.06. The minimum absolute atomic E-state index is 0.0396. The molecule has 0 aliphatic heterocycles. The molecule has 4 nitrogen and oxygen atoms in total. The van der Waals surface area contributed by atoms with Crippen molar-refractivity contribution in [1.82, 2.24) is 9.97 Å². The number of fused-ring (bicyclic) bond motifs is 2. The molecule has 1 unspecified atom stereocenters. The van der Waals surface area contributed by atoms with Crippen LogP contribution < -0.4 is 0 Å². The van der Waals surface area contributed by atoms with E-state index in [4.69, 9.17) is 9.72 Å². The number of methoxy groups -OCH3 is 1. The van der Waals surface area contributed by atoms with Crippen molar-refractivity contribution in [3.63, 3.8) is 0 Å². The average molecular weight is 394 g/mol. The van der Waals surface area contributed by atoms with Gasteiger partial charge in [0.2, 0.25) is 0 Å². The Morgan fingerprint density at radius 3 is 2.77 bits per heavy atom. The molecule has 0 saturated heterocycles. The molecule has 4 heteroatoms. The number of aryl methyl sites for hydroxylation is 1. The van der Waals surface area contributed by atoms with Gasteiger partial charge in [-0.3, -0.25) is 9.78 Å². The first-order valence-corrected chi connectivity index (χ1v) is 10.2. The predicted octanol–water partition coefficient (Wildman–Crippen LogP) is 5.05. The second-order valence-electron chi connectivity index (χ2n) is 7.83. The first kappa shape index (κ1) is 18.6. The van der Waals surface area contributed by atoms with Gasteiger partial charge in [-0.05, 0) is 48.2 Å². The lowest BCUT2D eigenvalue weighted by molar-refractivity contribution is -0.00562. The van der Waals surface area contributed by atoms with Gasteiger partial charge in [-0.25, -0.2) is 4.98 Å². The number of nitrogens with zero attached hydrogens (tertiary/aromatic N) is 2. The molecule has 4 aromatic rings. The summed E-state index contributed by atoms with van der Waals surface area (Å²) in [5, 5.41) is 1.10. The summed E-state index contributed by atoms with van der Waals surface area (Å²) in [6, 6.07) is 22.1. The zero-order chi connectivity index (χ0) is 20.6. The van der Waals surface area contributed by atoms with E-state index in [-0.39, 0.29) is 5.78 Å². The highest BCUT2D eigenvalue weighted by Gasteiger charge is 2.43. The summed E-state index contributed by atoms with van der Waals surface area (Å²) in [5.41, 5.74) is 4.71. The van der Waals surface area contributed by atoms with Crippen LogP contribution in [0.15, 0.2) is 79.1 Å². The van der Waals surface area contributed by atoms with Gasteiger partial charge in [-0.2, -0.15) is 0 Å². The van der Waals surface area contributed by atoms with Crippen LogP contribution in [0, 0.1) is 0 Å². The molecular weight excluding hydrogens is 372 g/mol. The van der Waals surface area contributed by atoms with E-state index in [1.54, 1.807) is 19.5 Å². The highest BCUT2D eigenvalue weighted by atomic mass is 16.5. The molecular formula is C26H22N2O2. The zero-order valence-corrected chi connectivity index (χ0v) is 16.8. The summed E-state index contributed by atoms with van der Waals surface area (Å²) >= 11 is 0. The predicted molar refractivity (Wildman–Crippen MR) is 118 cm³/mol. The lowest BCUT2D eigenvalue weighted by Gasteiger charge is -2.35. The number of aromatic nitrogens is 2. The van der Waals surface area contributed by atoms with Crippen molar-refractivity contribution < 1.29 is 9.53 Å². The fourth-order valence-electron chi connectivity index (χ4n) is 4.36. The minimum Gasteiger partial charge on any atom is -0.370 e. The van der Waals surface area contributed by atoms with E-state index >= 15 is 0 Å². The molecule has 5 rings (SSSR count). The molecule has 2 heterocycles. The Morgan fingerprint density at radius 1 is 1.03 bits per heavy atom. The minimum atomic E-state index is -0.856. The van der Waals surface area contributed by atoms with Crippen LogP contribution in [0.4, 0.5) is 0 Å². The Morgan fingerprint density at radius 2 is 1.93 bits per heavy atom. The van der Waals surface area contributed by atoms with E-state index in [1.165, 1.54) is 0 Å². The van der Waals surface area contributed by atoms with E-state index in [9.17, 15) is 4.79 Å². The Labute approximate surface area is 175 Å². The van der Waals surface area contributed by atoms with Crippen molar-refractivity contribution >= 4 is 16.7 Å². The summed E-state index contributed by atoms with van der Waals surface area (Å²) < 4.78 is 5.86. The summed E-state index contributed by atoms with van der Waals surface area (Å²) in [6.07, 6.45) is 5.54. The van der Waals surface area contributed by atoms with Gasteiger partial charge in [-0.1, -0.05) is 42.5 Å². The Bertz CT molecular complexity index is 1240. The number of pyridine rings is 2. The van der Waals surface area contributed by atoms with E-state index in [0.717, 1.165) is 45.3 Å². The van der Waals surface area contributed by atoms with Gasteiger partial charge in [0.15, 0.2) is 5.78 Å². The maximum atomic E-state index is 13.6. The second kappa shape index (κ2) is 7.47. The Balaban J connectivity index is 1.54. The molecule has 0 saturated carbocycles. The molecule has 0 N–H and O–H groups in total. The third-order valence-corrected chi connectivity index (χ3v) is 6.06. The number of ether oxygens (including phenoxy) is 1. The van der Waals surface area contributed by atoms with Crippen molar-refractivity contribution in [3.8, 4) is 11.3 Å². The number of benzene rings is 2. The number of carbonyl (C=O) groups is 1. The van der Waals surface area contributed by atoms with Gasteiger partial charge in [0.25, 0.3) is 0 Å². The van der Waals surface area contributed by atoms with Crippen LogP contribution in [-0.4, -0.2) is 28.5 Å². The largest absolute Gasteiger partial charge is 0.370 e. The maximum Gasteiger partial charge on any atom is 0.195 e. The van der Waals surface area contributed by atoms with Crippen molar-refractivity contribution in [2.45, 2.75) is 24.9 Å². The highest BCUT2D eigenvalue weighted by molar-refractivity contribution is 6.05. The summed E-state index contributed by atoms with van der Waals surface area (Å²) in [5.74, 6) is 0.0396. The molecule has 1 aliphatic carbocycles. The SMILES string of the molecule is COC1(Cc2cccnc2)CCc2ccc(-c3ccc4ccccc4n3)cc2C1=O. The van der Waals surface area contributed by atoms with E-state index in [1.807, 2.05) is 48.5 Å². The molecule has 30 heavy (non-hydrogen) atoms. The fourth-order valence-corrected chi connectivity index (χ4v) is 4.36. The quantitative estimate of drug-likeness (QED) is 0.486. The van der Waals surface area contributed by atoms with Gasteiger partial charge < -0.3 is 4.74 Å². The number of carbonyl (C=O) groups excluding carboxylic acids is 1. The molecule has 0 radical (unpaired) electrons. The Hall–Kier alpha value is -3.37. The topological polar surface area (TPSA) is 52.1 Å². The normalized spacial score (nSPS) is 18.4. The van der Waals surface area contributed by atoms with E-state index < -0.39 is 5.60 Å². The zero-order valence-electron chi connectivity index (χ0n) is 16.8. The molecule has 1 atom stereocenters. The molecule has 1 aliphatic rings. The number of hydrogen-bond donors (Lipinski definition) is 0. The van der Waals surface area contributed by atoms with Crippen LogP contribution in [0.2, 0.25) is 0 Å². The smallest absolute Gasteiger partial charge is 0.195 e. The summed E-state index contributed by atoms with van der Waals surface area (Å²) in [7, 11) is 1.63. The Kier molecular flexibility index (Phi) is 4.64. The molecule has 0 fully saturated rings. The number of ketones is 1. The van der Waals surface area contributed by atoms with Gasteiger partial charge in [0.05, 0.1) is 11.2 Å². The van der Waals surface area contributed by atoms with Crippen LogP contribution in [0.3, 0.4) is 0 Å². The molecule has 0 bridgehead atoms. The van der Waals surface area contributed by atoms with Crippen LogP contribution in [0.5, 0.6) is 0 Å². The van der Waals surface area contributed by atoms with Gasteiger partial charge in [0.1, 0.15) is 5.60 Å². The first-order chi connectivity index (χ1) is 14.7. The standard InChI is InChI=1S/C26H22N2O2/c1-30-26(16-18-5-4-14-27-17-18)13-12-19-8-9-21(15-22(19)25(26)29)24-11-10-20-6-2-3-7-23(20)28-24/h2-11,14-15,17H,12-13,16H2,1H3. The molecule has 2 aromatic carbocycles. The fraction of sp³-hybridized carbons (Fsp3) is 0.192. The van der Waals surface area contributed by atoms with Crippen LogP contribution in [0.25, 0.3) is 22.2 Å². The molecule has 0 amide bonds. The summed E-state index contributed by atoms with van der Waals surface area (Å²) in [6.45, 7) is 0. The number of hydrogen-bond acceptors (Lipinski definition) is 4. The van der Waals surface area contributed by atoms with Crippen molar-refractivity contribution in [3.05, 3.63) is 95.8 Å². The summed E-state index contributed by atoms with van der Waals surface area (Å²) in [4.78, 5) is 22.6. The highest BCUT2D eigenvalue weighted by Crippen LogP contribution is 2.36. The lowest BCUT2D eigenvalue weighted by Crippen LogP contribution is -2.46. The van der Waals surface area contributed by atoms with E-state index in [2.05, 4.69) is 23.2 Å². The maximum absolute atomic E-state index is 13.6. The molecule has 0 spiro atoms. The molecule has 2 aromatic heterocycles. The van der Waals surface area contributed by atoms with Gasteiger partial charge in [-0.15, -0.1) is 0 Å². The van der Waals surface area contributed by atoms with Crippen LogP contribution in [-0.2, 0) is 17.6 Å². The van der Waals surface area contributed by atoms with Crippen molar-refractivity contribution in [1.29, 1.82) is 0 Å².